The van der Waals surface area contributed by atoms with Crippen LogP contribution in [-0.4, -0.2) is 18.4 Å². The predicted octanol–water partition coefficient (Wildman–Crippen LogP) is 3.36. The molecule has 126 valence electrons. The van der Waals surface area contributed by atoms with Crippen LogP contribution in [0.1, 0.15) is 30.0 Å². The number of para-hydroxylation sites is 1. The molecule has 0 radical (unpaired) electrons. The van der Waals surface area contributed by atoms with Gasteiger partial charge in [0.25, 0.3) is 0 Å². The molecule has 2 rings (SSSR count). The Morgan fingerprint density at radius 3 is 2.21 bits per heavy atom. The van der Waals surface area contributed by atoms with Crippen molar-refractivity contribution in [1.29, 1.82) is 0 Å². The maximum absolute atomic E-state index is 12.1. The van der Waals surface area contributed by atoms with Gasteiger partial charge in [-0.2, -0.15) is 0 Å². The molecule has 0 fully saturated rings. The summed E-state index contributed by atoms with van der Waals surface area (Å²) < 4.78 is 0. The van der Waals surface area contributed by atoms with Crippen LogP contribution < -0.4 is 10.2 Å². The normalized spacial score (nSPS) is 10.3. The number of hydrogen-bond donors (Lipinski definition) is 1. The number of carbonyl (C=O) groups excluding carboxylic acids is 2. The molecule has 1 N–H and O–H groups in total. The van der Waals surface area contributed by atoms with E-state index in [1.165, 1.54) is 6.92 Å². The Balaban J connectivity index is 1.93. The third-order valence-electron chi connectivity index (χ3n) is 4.09. The molecular formula is C20H24N2O2. The zero-order chi connectivity index (χ0) is 17.5. The van der Waals surface area contributed by atoms with E-state index in [9.17, 15) is 9.59 Å². The van der Waals surface area contributed by atoms with E-state index in [4.69, 9.17) is 0 Å². The van der Waals surface area contributed by atoms with Crippen LogP contribution in [0.25, 0.3) is 0 Å². The zero-order valence-corrected chi connectivity index (χ0v) is 14.5. The summed E-state index contributed by atoms with van der Waals surface area (Å²) in [6.45, 7) is 6.40. The van der Waals surface area contributed by atoms with Crippen molar-refractivity contribution < 1.29 is 9.59 Å². The fraction of sp³-hybridized carbons (Fsp3) is 0.300. The first-order valence-electron chi connectivity index (χ1n) is 8.14. The van der Waals surface area contributed by atoms with E-state index in [0.29, 0.717) is 13.1 Å². The lowest BCUT2D eigenvalue weighted by molar-refractivity contribution is -0.121. The molecule has 0 spiro atoms. The maximum Gasteiger partial charge on any atom is 0.223 e. The number of nitrogens with zero attached hydrogens (tertiary/aromatic N) is 1. The number of rotatable bonds is 6. The molecule has 0 aliphatic heterocycles. The fourth-order valence-corrected chi connectivity index (χ4v) is 2.62. The van der Waals surface area contributed by atoms with E-state index in [0.717, 1.165) is 22.4 Å². The van der Waals surface area contributed by atoms with Gasteiger partial charge in [-0.15, -0.1) is 0 Å². The number of benzene rings is 2. The van der Waals surface area contributed by atoms with Crippen LogP contribution in [0.15, 0.2) is 48.5 Å². The van der Waals surface area contributed by atoms with Crippen LogP contribution in [0.4, 0.5) is 5.69 Å². The van der Waals surface area contributed by atoms with Crippen LogP contribution in [-0.2, 0) is 16.1 Å². The van der Waals surface area contributed by atoms with Gasteiger partial charge in [0.15, 0.2) is 0 Å². The first kappa shape index (κ1) is 17.7. The summed E-state index contributed by atoms with van der Waals surface area (Å²) in [5, 5.41) is 2.92. The van der Waals surface area contributed by atoms with E-state index in [1.807, 2.05) is 62.4 Å². The molecule has 0 saturated heterocycles. The quantitative estimate of drug-likeness (QED) is 0.886. The van der Waals surface area contributed by atoms with Gasteiger partial charge in [-0.25, -0.2) is 0 Å². The highest BCUT2D eigenvalue weighted by Gasteiger charge is 2.15. The highest BCUT2D eigenvalue weighted by Crippen LogP contribution is 2.19. The highest BCUT2D eigenvalue weighted by atomic mass is 16.2. The van der Waals surface area contributed by atoms with E-state index in [1.54, 1.807) is 4.90 Å². The molecule has 24 heavy (non-hydrogen) atoms. The van der Waals surface area contributed by atoms with Gasteiger partial charge in [0.05, 0.1) is 0 Å². The van der Waals surface area contributed by atoms with Crippen molar-refractivity contribution in [2.45, 2.75) is 33.7 Å². The Bertz CT molecular complexity index is 725. The second-order valence-electron chi connectivity index (χ2n) is 5.91. The molecule has 0 aliphatic rings. The zero-order valence-electron chi connectivity index (χ0n) is 14.5. The average Bonchev–Trinajstić information content (AvgIpc) is 2.55. The predicted molar refractivity (Wildman–Crippen MR) is 96.8 cm³/mol. The molecular weight excluding hydrogens is 300 g/mol. The highest BCUT2D eigenvalue weighted by molar-refractivity contribution is 5.93. The van der Waals surface area contributed by atoms with Gasteiger partial charge >= 0.3 is 0 Å². The number of nitrogens with one attached hydrogen (secondary N) is 1. The summed E-state index contributed by atoms with van der Waals surface area (Å²) in [7, 11) is 0. The molecule has 0 aromatic heterocycles. The van der Waals surface area contributed by atoms with Crippen LogP contribution in [0, 0.1) is 13.8 Å². The largest absolute Gasteiger partial charge is 0.352 e. The number of anilines is 1. The fourth-order valence-electron chi connectivity index (χ4n) is 2.62. The van der Waals surface area contributed by atoms with Gasteiger partial charge in [-0.05, 0) is 36.6 Å². The Morgan fingerprint density at radius 2 is 1.58 bits per heavy atom. The number of hydrogen-bond acceptors (Lipinski definition) is 2. The molecule has 2 aromatic rings. The molecule has 0 unspecified atom stereocenters. The summed E-state index contributed by atoms with van der Waals surface area (Å²) >= 11 is 0. The Labute approximate surface area is 143 Å². The molecule has 0 bridgehead atoms. The van der Waals surface area contributed by atoms with E-state index in [-0.39, 0.29) is 18.2 Å². The summed E-state index contributed by atoms with van der Waals surface area (Å²) in [6.07, 6.45) is 0.278. The number of carbonyl (C=O) groups is 2. The van der Waals surface area contributed by atoms with Gasteiger partial charge in [0.1, 0.15) is 0 Å². The molecule has 0 saturated carbocycles. The molecule has 4 nitrogen and oxygen atoms in total. The minimum absolute atomic E-state index is 0.0573. The van der Waals surface area contributed by atoms with Crippen molar-refractivity contribution in [2.75, 3.05) is 11.4 Å². The standard InChI is InChI=1S/C20H24N2O2/c1-15-8-4-6-10-18(15)14-21-20(24)12-13-22(17(3)23)19-11-7-5-9-16(19)2/h4-11H,12-14H2,1-3H3,(H,21,24). The molecule has 0 aliphatic carbocycles. The third kappa shape index (κ3) is 4.69. The van der Waals surface area contributed by atoms with Crippen LogP contribution in [0.2, 0.25) is 0 Å². The van der Waals surface area contributed by atoms with Crippen molar-refractivity contribution in [2.24, 2.45) is 0 Å². The second-order valence-corrected chi connectivity index (χ2v) is 5.91. The molecule has 4 heteroatoms. The van der Waals surface area contributed by atoms with Crippen LogP contribution >= 0.6 is 0 Å². The van der Waals surface area contributed by atoms with Crippen molar-refractivity contribution in [1.82, 2.24) is 5.32 Å². The molecule has 2 aromatic carbocycles. The van der Waals surface area contributed by atoms with Crippen LogP contribution in [0.3, 0.4) is 0 Å². The van der Waals surface area contributed by atoms with E-state index in [2.05, 4.69) is 5.32 Å². The van der Waals surface area contributed by atoms with Gasteiger partial charge in [0.2, 0.25) is 11.8 Å². The lowest BCUT2D eigenvalue weighted by Gasteiger charge is -2.22. The van der Waals surface area contributed by atoms with Crippen molar-refractivity contribution >= 4 is 17.5 Å². The minimum atomic E-state index is -0.0593. The first-order chi connectivity index (χ1) is 11.5. The summed E-state index contributed by atoms with van der Waals surface area (Å²) in [5.74, 6) is -0.117. The van der Waals surface area contributed by atoms with Crippen molar-refractivity contribution in [3.05, 3.63) is 65.2 Å². The van der Waals surface area contributed by atoms with Gasteiger partial charge in [-0.1, -0.05) is 42.5 Å². The van der Waals surface area contributed by atoms with Crippen LogP contribution in [0.5, 0.6) is 0 Å². The lowest BCUT2D eigenvalue weighted by atomic mass is 10.1. The lowest BCUT2D eigenvalue weighted by Crippen LogP contribution is -2.34. The summed E-state index contributed by atoms with van der Waals surface area (Å²) in [5.41, 5.74) is 4.14. The molecule has 0 heterocycles. The maximum atomic E-state index is 12.1. The SMILES string of the molecule is CC(=O)N(CCC(=O)NCc1ccccc1C)c1ccccc1C. The Kier molecular flexibility index (Phi) is 6.13. The smallest absolute Gasteiger partial charge is 0.223 e. The average molecular weight is 324 g/mol. The molecule has 2 amide bonds. The summed E-state index contributed by atoms with van der Waals surface area (Å²) in [4.78, 5) is 25.7. The van der Waals surface area contributed by atoms with Crippen molar-refractivity contribution in [3.63, 3.8) is 0 Å². The monoisotopic (exact) mass is 324 g/mol. The van der Waals surface area contributed by atoms with Gasteiger partial charge < -0.3 is 10.2 Å². The van der Waals surface area contributed by atoms with E-state index < -0.39 is 0 Å². The van der Waals surface area contributed by atoms with Gasteiger partial charge in [-0.3, -0.25) is 9.59 Å². The second kappa shape index (κ2) is 8.29. The minimum Gasteiger partial charge on any atom is -0.352 e. The molecule has 0 atom stereocenters. The third-order valence-corrected chi connectivity index (χ3v) is 4.09. The topological polar surface area (TPSA) is 49.4 Å². The Hall–Kier alpha value is -2.62. The number of aryl methyl sites for hydroxylation is 2. The van der Waals surface area contributed by atoms with Gasteiger partial charge in [0, 0.05) is 32.1 Å². The summed E-state index contributed by atoms with van der Waals surface area (Å²) in [6, 6.07) is 15.7. The number of amides is 2. The van der Waals surface area contributed by atoms with Crippen molar-refractivity contribution in [3.8, 4) is 0 Å². The first-order valence-corrected chi connectivity index (χ1v) is 8.14. The van der Waals surface area contributed by atoms with E-state index >= 15 is 0 Å². The Morgan fingerprint density at radius 1 is 0.958 bits per heavy atom.